The Kier molecular flexibility index (Phi) is 6.19. The summed E-state index contributed by atoms with van der Waals surface area (Å²) in [6.07, 6.45) is 2.22. The molecule has 0 N–H and O–H groups in total. The van der Waals surface area contributed by atoms with Gasteiger partial charge < -0.3 is 14.0 Å². The first-order valence-corrected chi connectivity index (χ1v) is 8.85. The average molecular weight is 345 g/mol. The monoisotopic (exact) mass is 344 g/mol. The number of hydrogen-bond donors (Lipinski definition) is 0. The molecule has 0 spiro atoms. The molecule has 5 heteroatoms. The molecule has 3 rings (SSSR count). The van der Waals surface area contributed by atoms with Crippen molar-refractivity contribution in [3.05, 3.63) is 59.1 Å². The van der Waals surface area contributed by atoms with Crippen molar-refractivity contribution in [2.24, 2.45) is 0 Å². The number of ether oxygens (including phenoxy) is 1. The Bertz CT molecular complexity index is 622. The summed E-state index contributed by atoms with van der Waals surface area (Å²) in [5.41, 5.74) is 2.21. The minimum atomic E-state index is -0.310. The van der Waals surface area contributed by atoms with Crippen molar-refractivity contribution in [2.45, 2.75) is 25.7 Å². The number of rotatable bonds is 6. The fourth-order valence-corrected chi connectivity index (χ4v) is 2.80. The van der Waals surface area contributed by atoms with Gasteiger partial charge in [-0.2, -0.15) is 0 Å². The zero-order valence-electron chi connectivity index (χ0n) is 13.9. The molecule has 2 aromatic carbocycles. The van der Waals surface area contributed by atoms with Gasteiger partial charge in [0.25, 0.3) is 0 Å². The van der Waals surface area contributed by atoms with Crippen LogP contribution in [-0.4, -0.2) is 26.9 Å². The third-order valence-corrected chi connectivity index (χ3v) is 4.41. The van der Waals surface area contributed by atoms with Gasteiger partial charge in [0, 0.05) is 24.2 Å². The molecular weight excluding hydrogens is 322 g/mol. The zero-order valence-corrected chi connectivity index (χ0v) is 14.7. The van der Waals surface area contributed by atoms with Crippen molar-refractivity contribution < 1.29 is 14.0 Å². The van der Waals surface area contributed by atoms with Crippen molar-refractivity contribution >= 4 is 24.2 Å². The number of halogens is 1. The van der Waals surface area contributed by atoms with Gasteiger partial charge >= 0.3 is 7.12 Å². The van der Waals surface area contributed by atoms with E-state index in [-0.39, 0.29) is 13.0 Å². The van der Waals surface area contributed by atoms with Crippen LogP contribution in [0.3, 0.4) is 0 Å². The Balaban J connectivity index is 1.53. The Morgan fingerprint density at radius 3 is 2.33 bits per heavy atom. The minimum Gasteiger partial charge on any atom is -0.494 e. The van der Waals surface area contributed by atoms with Gasteiger partial charge in [-0.1, -0.05) is 49.2 Å². The molecule has 24 heavy (non-hydrogen) atoms. The Labute approximate surface area is 149 Å². The molecule has 0 amide bonds. The van der Waals surface area contributed by atoms with E-state index in [9.17, 15) is 0 Å². The van der Waals surface area contributed by atoms with E-state index in [1.165, 1.54) is 5.56 Å². The fraction of sp³-hybridized carbons (Fsp3) is 0.368. The molecule has 1 heterocycles. The van der Waals surface area contributed by atoms with Gasteiger partial charge in [-0.3, -0.25) is 0 Å². The lowest BCUT2D eigenvalue weighted by Gasteiger charge is -2.28. The minimum absolute atomic E-state index is 0.248. The van der Waals surface area contributed by atoms with Crippen LogP contribution in [-0.2, 0) is 9.31 Å². The second-order valence-corrected chi connectivity index (χ2v) is 6.45. The summed E-state index contributed by atoms with van der Waals surface area (Å²) < 4.78 is 17.5. The first-order valence-electron chi connectivity index (χ1n) is 8.47. The van der Waals surface area contributed by atoms with Crippen molar-refractivity contribution in [3.63, 3.8) is 0 Å². The highest BCUT2D eigenvalue weighted by molar-refractivity contribution is 6.61. The third kappa shape index (κ3) is 4.53. The van der Waals surface area contributed by atoms with Crippen LogP contribution in [0.2, 0.25) is 5.02 Å². The van der Waals surface area contributed by atoms with Crippen molar-refractivity contribution in [1.82, 2.24) is 0 Å². The summed E-state index contributed by atoms with van der Waals surface area (Å²) in [4.78, 5) is 0. The summed E-state index contributed by atoms with van der Waals surface area (Å²) in [5.74, 6) is 1.17. The van der Waals surface area contributed by atoms with Crippen LogP contribution in [0.15, 0.2) is 48.5 Å². The van der Waals surface area contributed by atoms with Crippen LogP contribution in [0, 0.1) is 0 Å². The molecule has 0 saturated carbocycles. The maximum atomic E-state index is 5.91. The Morgan fingerprint density at radius 1 is 1.04 bits per heavy atom. The normalized spacial score (nSPS) is 15.5. The lowest BCUT2D eigenvalue weighted by atomic mass is 9.77. The first-order chi connectivity index (χ1) is 11.8. The van der Waals surface area contributed by atoms with E-state index in [4.69, 9.17) is 25.6 Å². The van der Waals surface area contributed by atoms with Gasteiger partial charge in [0.05, 0.1) is 6.61 Å². The van der Waals surface area contributed by atoms with Gasteiger partial charge in [-0.05, 0) is 41.7 Å². The number of hydrogen-bond acceptors (Lipinski definition) is 3. The third-order valence-electron chi connectivity index (χ3n) is 4.16. The van der Waals surface area contributed by atoms with Gasteiger partial charge in [0.1, 0.15) is 5.75 Å². The maximum Gasteiger partial charge on any atom is 0.493 e. The van der Waals surface area contributed by atoms with Gasteiger partial charge in [-0.25, -0.2) is 0 Å². The molecule has 0 unspecified atom stereocenters. The summed E-state index contributed by atoms with van der Waals surface area (Å²) in [7, 11) is -0.310. The molecule has 0 bridgehead atoms. The predicted molar refractivity (Wildman–Crippen MR) is 98.3 cm³/mol. The highest BCUT2D eigenvalue weighted by Crippen LogP contribution is 2.24. The second kappa shape index (κ2) is 8.56. The number of unbranched alkanes of at least 4 members (excludes halogenated alkanes) is 1. The molecule has 0 aliphatic carbocycles. The van der Waals surface area contributed by atoms with Gasteiger partial charge in [0.15, 0.2) is 0 Å². The Hall–Kier alpha value is -1.49. The lowest BCUT2D eigenvalue weighted by molar-refractivity contribution is 0.121. The molecule has 1 fully saturated rings. The van der Waals surface area contributed by atoms with Gasteiger partial charge in [0.2, 0.25) is 0 Å². The molecule has 1 saturated heterocycles. The molecular formula is C19H22BClO3. The van der Waals surface area contributed by atoms with Crippen LogP contribution in [0.5, 0.6) is 5.75 Å². The van der Waals surface area contributed by atoms with E-state index in [1.807, 2.05) is 36.4 Å². The highest BCUT2D eigenvalue weighted by atomic mass is 35.5. The summed E-state index contributed by atoms with van der Waals surface area (Å²) in [6, 6.07) is 15.8. The molecule has 1 aliphatic heterocycles. The quantitative estimate of drug-likeness (QED) is 0.584. The van der Waals surface area contributed by atoms with E-state index in [0.717, 1.165) is 30.7 Å². The van der Waals surface area contributed by atoms with Crippen LogP contribution >= 0.6 is 11.6 Å². The molecule has 0 radical (unpaired) electrons. The van der Waals surface area contributed by atoms with E-state index in [1.54, 1.807) is 0 Å². The predicted octanol–water partition coefficient (Wildman–Crippen LogP) is 4.04. The van der Waals surface area contributed by atoms with E-state index < -0.39 is 0 Å². The fourth-order valence-electron chi connectivity index (χ4n) is 2.68. The molecule has 126 valence electrons. The molecule has 0 aromatic heterocycles. The summed E-state index contributed by atoms with van der Waals surface area (Å²) in [6.45, 7) is 4.22. The summed E-state index contributed by atoms with van der Waals surface area (Å²) in [5, 5.41) is 0.716. The second-order valence-electron chi connectivity index (χ2n) is 6.02. The van der Waals surface area contributed by atoms with E-state index in [2.05, 4.69) is 19.1 Å². The van der Waals surface area contributed by atoms with E-state index >= 15 is 0 Å². The van der Waals surface area contributed by atoms with Gasteiger partial charge in [-0.15, -0.1) is 0 Å². The van der Waals surface area contributed by atoms with Crippen LogP contribution in [0.25, 0.3) is 0 Å². The SMILES string of the molecule is CCCCOc1ccc(C2COB(c3ccc(Cl)cc3)OC2)cc1. The van der Waals surface area contributed by atoms with Crippen molar-refractivity contribution in [3.8, 4) is 5.75 Å². The van der Waals surface area contributed by atoms with E-state index in [0.29, 0.717) is 18.2 Å². The smallest absolute Gasteiger partial charge is 0.493 e. The van der Waals surface area contributed by atoms with Crippen molar-refractivity contribution in [1.29, 1.82) is 0 Å². The molecule has 2 aromatic rings. The lowest BCUT2D eigenvalue weighted by Crippen LogP contribution is -2.43. The molecule has 0 atom stereocenters. The Morgan fingerprint density at radius 2 is 1.71 bits per heavy atom. The zero-order chi connectivity index (χ0) is 16.8. The molecule has 1 aliphatic rings. The number of benzene rings is 2. The topological polar surface area (TPSA) is 27.7 Å². The van der Waals surface area contributed by atoms with Crippen LogP contribution < -0.4 is 10.2 Å². The standard InChI is InChI=1S/C19H22BClO3/c1-2-3-12-22-19-10-4-15(5-11-19)16-13-23-20(24-14-16)17-6-8-18(21)9-7-17/h4-11,16H,2-3,12-14H2,1H3. The average Bonchev–Trinajstić information content (AvgIpc) is 2.63. The maximum absolute atomic E-state index is 5.91. The first kappa shape index (κ1) is 17.3. The van der Waals surface area contributed by atoms with Crippen LogP contribution in [0.4, 0.5) is 0 Å². The largest absolute Gasteiger partial charge is 0.494 e. The molecule has 3 nitrogen and oxygen atoms in total. The van der Waals surface area contributed by atoms with Crippen molar-refractivity contribution in [2.75, 3.05) is 19.8 Å². The van der Waals surface area contributed by atoms with Crippen LogP contribution in [0.1, 0.15) is 31.2 Å². The summed E-state index contributed by atoms with van der Waals surface area (Å²) >= 11 is 5.91. The highest BCUT2D eigenvalue weighted by Gasteiger charge is 2.29.